The van der Waals surface area contributed by atoms with E-state index in [0.717, 1.165) is 17.4 Å². The summed E-state index contributed by atoms with van der Waals surface area (Å²) in [5.74, 6) is 0. The summed E-state index contributed by atoms with van der Waals surface area (Å²) in [6.45, 7) is 1.18. The Morgan fingerprint density at radius 2 is 2.24 bits per heavy atom. The van der Waals surface area contributed by atoms with Crippen LogP contribution in [-0.2, 0) is 23.0 Å². The molecule has 90 valence electrons. The summed E-state index contributed by atoms with van der Waals surface area (Å²) >= 11 is 0. The molecule has 0 amide bonds. The van der Waals surface area contributed by atoms with Crippen molar-refractivity contribution in [2.24, 2.45) is 0 Å². The first-order valence-electron chi connectivity index (χ1n) is 5.23. The van der Waals surface area contributed by atoms with Crippen molar-refractivity contribution in [2.75, 3.05) is 17.5 Å². The molecule has 0 aliphatic carbocycles. The van der Waals surface area contributed by atoms with Crippen LogP contribution in [0, 0.1) is 11.5 Å². The van der Waals surface area contributed by atoms with E-state index >= 15 is 0 Å². The summed E-state index contributed by atoms with van der Waals surface area (Å²) in [6.07, 6.45) is 3.93. The zero-order chi connectivity index (χ0) is 12.5. The molecular weight excluding hydrogens is 238 g/mol. The fraction of sp³-hybridized carbons (Fsp3) is 0.364. The molecule has 0 unspecified atom stereocenters. The highest BCUT2D eigenvalue weighted by atomic mass is 32.2. The predicted molar refractivity (Wildman–Crippen MR) is 64.6 cm³/mol. The molecular formula is C11H13N3O2S. The summed E-state index contributed by atoms with van der Waals surface area (Å²) in [6, 6.07) is 5.47. The minimum absolute atomic E-state index is 0.547. The van der Waals surface area contributed by atoms with Gasteiger partial charge in [-0.1, -0.05) is 12.1 Å². The average Bonchev–Trinajstić information content (AvgIpc) is 2.26. The molecule has 1 aliphatic rings. The minimum atomic E-state index is -3.26. The highest BCUT2D eigenvalue weighted by molar-refractivity contribution is 7.92. The van der Waals surface area contributed by atoms with Crippen molar-refractivity contribution in [3.05, 3.63) is 29.3 Å². The van der Waals surface area contributed by atoms with Crippen molar-refractivity contribution < 1.29 is 8.42 Å². The standard InChI is InChI=1S/C11H13N3O2S/c1-17(15,16)13-11-4-2-3-9-7-14(8-12)6-5-10(9)11/h2-4,13H,5-7H2,1H3. The Hall–Kier alpha value is -1.74. The second-order valence-electron chi connectivity index (χ2n) is 4.09. The van der Waals surface area contributed by atoms with Crippen LogP contribution in [0.4, 0.5) is 5.69 Å². The van der Waals surface area contributed by atoms with Gasteiger partial charge in [0.2, 0.25) is 10.0 Å². The van der Waals surface area contributed by atoms with E-state index in [9.17, 15) is 8.42 Å². The first-order valence-corrected chi connectivity index (χ1v) is 7.12. The van der Waals surface area contributed by atoms with Crippen LogP contribution in [0.2, 0.25) is 0 Å². The van der Waals surface area contributed by atoms with Crippen LogP contribution in [0.5, 0.6) is 0 Å². The third-order valence-corrected chi connectivity index (χ3v) is 3.29. The van der Waals surface area contributed by atoms with Crippen LogP contribution in [0.1, 0.15) is 11.1 Å². The number of anilines is 1. The monoisotopic (exact) mass is 251 g/mol. The predicted octanol–water partition coefficient (Wildman–Crippen LogP) is 0.897. The molecule has 1 aromatic carbocycles. The molecule has 0 bridgehead atoms. The van der Waals surface area contributed by atoms with Crippen LogP contribution >= 0.6 is 0 Å². The number of sulfonamides is 1. The lowest BCUT2D eigenvalue weighted by Crippen LogP contribution is -2.27. The Morgan fingerprint density at radius 1 is 1.47 bits per heavy atom. The van der Waals surface area contributed by atoms with Crippen molar-refractivity contribution in [3.63, 3.8) is 0 Å². The van der Waals surface area contributed by atoms with Crippen LogP contribution in [-0.4, -0.2) is 26.1 Å². The Kier molecular flexibility index (Phi) is 2.94. The van der Waals surface area contributed by atoms with Crippen LogP contribution in [0.3, 0.4) is 0 Å². The minimum Gasteiger partial charge on any atom is -0.306 e. The number of benzene rings is 1. The Balaban J connectivity index is 2.36. The van der Waals surface area contributed by atoms with E-state index in [0.29, 0.717) is 25.2 Å². The van der Waals surface area contributed by atoms with Crippen molar-refractivity contribution in [3.8, 4) is 6.19 Å². The van der Waals surface area contributed by atoms with Gasteiger partial charge in [-0.2, -0.15) is 5.26 Å². The van der Waals surface area contributed by atoms with Gasteiger partial charge in [-0.15, -0.1) is 0 Å². The molecule has 1 N–H and O–H groups in total. The summed E-state index contributed by atoms with van der Waals surface area (Å²) in [4.78, 5) is 1.66. The largest absolute Gasteiger partial charge is 0.306 e. The summed E-state index contributed by atoms with van der Waals surface area (Å²) in [7, 11) is -3.26. The van der Waals surface area contributed by atoms with Crippen LogP contribution in [0.15, 0.2) is 18.2 Å². The molecule has 1 aliphatic heterocycles. The molecule has 1 heterocycles. The van der Waals surface area contributed by atoms with Gasteiger partial charge in [-0.3, -0.25) is 4.72 Å². The topological polar surface area (TPSA) is 73.2 Å². The van der Waals surface area contributed by atoms with E-state index in [4.69, 9.17) is 5.26 Å². The van der Waals surface area contributed by atoms with E-state index in [2.05, 4.69) is 10.9 Å². The van der Waals surface area contributed by atoms with Crippen molar-refractivity contribution in [1.82, 2.24) is 4.90 Å². The highest BCUT2D eigenvalue weighted by Gasteiger charge is 2.18. The molecule has 0 aromatic heterocycles. The number of fused-ring (bicyclic) bond motifs is 1. The SMILES string of the molecule is CS(=O)(=O)Nc1cccc2c1CCN(C#N)C2. The molecule has 6 heteroatoms. The van der Waals surface area contributed by atoms with E-state index in [1.54, 1.807) is 17.0 Å². The second kappa shape index (κ2) is 4.26. The lowest BCUT2D eigenvalue weighted by Gasteiger charge is -2.25. The number of nitrogens with one attached hydrogen (secondary N) is 1. The average molecular weight is 251 g/mol. The molecule has 2 rings (SSSR count). The fourth-order valence-electron chi connectivity index (χ4n) is 1.99. The van der Waals surface area contributed by atoms with Crippen LogP contribution < -0.4 is 4.72 Å². The second-order valence-corrected chi connectivity index (χ2v) is 5.84. The molecule has 0 saturated carbocycles. The number of nitriles is 1. The number of rotatable bonds is 2. The van der Waals surface area contributed by atoms with Gasteiger partial charge in [0.1, 0.15) is 0 Å². The Morgan fingerprint density at radius 3 is 2.88 bits per heavy atom. The molecule has 0 radical (unpaired) electrons. The van der Waals surface area contributed by atoms with Crippen molar-refractivity contribution in [2.45, 2.75) is 13.0 Å². The number of hydrogen-bond donors (Lipinski definition) is 1. The zero-order valence-electron chi connectivity index (χ0n) is 9.47. The molecule has 1 aromatic rings. The van der Waals surface area contributed by atoms with Crippen LogP contribution in [0.25, 0.3) is 0 Å². The zero-order valence-corrected chi connectivity index (χ0v) is 10.3. The maximum atomic E-state index is 11.2. The Labute approximate surface area is 101 Å². The quantitative estimate of drug-likeness (QED) is 0.792. The fourth-order valence-corrected chi connectivity index (χ4v) is 2.58. The van der Waals surface area contributed by atoms with E-state index < -0.39 is 10.0 Å². The van der Waals surface area contributed by atoms with Crippen molar-refractivity contribution in [1.29, 1.82) is 5.26 Å². The lowest BCUT2D eigenvalue weighted by atomic mass is 9.98. The first kappa shape index (κ1) is 11.7. The van der Waals surface area contributed by atoms with Gasteiger partial charge in [0, 0.05) is 6.54 Å². The van der Waals surface area contributed by atoms with E-state index in [-0.39, 0.29) is 0 Å². The van der Waals surface area contributed by atoms with Gasteiger partial charge in [0.15, 0.2) is 6.19 Å². The number of nitrogens with zero attached hydrogens (tertiary/aromatic N) is 2. The summed E-state index contributed by atoms with van der Waals surface area (Å²) < 4.78 is 25.0. The molecule has 0 atom stereocenters. The smallest absolute Gasteiger partial charge is 0.229 e. The maximum absolute atomic E-state index is 11.2. The van der Waals surface area contributed by atoms with E-state index in [1.165, 1.54) is 0 Å². The third-order valence-electron chi connectivity index (χ3n) is 2.70. The van der Waals surface area contributed by atoms with Gasteiger partial charge in [-0.05, 0) is 23.6 Å². The molecule has 0 saturated heterocycles. The maximum Gasteiger partial charge on any atom is 0.229 e. The summed E-state index contributed by atoms with van der Waals surface area (Å²) in [5, 5.41) is 8.84. The highest BCUT2D eigenvalue weighted by Crippen LogP contribution is 2.26. The summed E-state index contributed by atoms with van der Waals surface area (Å²) in [5.41, 5.74) is 2.62. The van der Waals surface area contributed by atoms with Gasteiger partial charge in [-0.25, -0.2) is 8.42 Å². The lowest BCUT2D eigenvalue weighted by molar-refractivity contribution is 0.369. The Bertz CT molecular complexity index is 575. The van der Waals surface area contributed by atoms with Gasteiger partial charge in [0.05, 0.1) is 18.5 Å². The van der Waals surface area contributed by atoms with Gasteiger partial charge in [0.25, 0.3) is 0 Å². The van der Waals surface area contributed by atoms with Gasteiger partial charge >= 0.3 is 0 Å². The van der Waals surface area contributed by atoms with Crippen molar-refractivity contribution >= 4 is 15.7 Å². The van der Waals surface area contributed by atoms with E-state index in [1.807, 2.05) is 6.07 Å². The molecule has 5 nitrogen and oxygen atoms in total. The number of hydrogen-bond acceptors (Lipinski definition) is 4. The first-order chi connectivity index (χ1) is 7.99. The van der Waals surface area contributed by atoms with Gasteiger partial charge < -0.3 is 4.90 Å². The molecule has 0 fully saturated rings. The third kappa shape index (κ3) is 2.68. The molecule has 17 heavy (non-hydrogen) atoms. The normalized spacial score (nSPS) is 14.9. The molecule has 0 spiro atoms.